The van der Waals surface area contributed by atoms with Crippen molar-refractivity contribution in [1.29, 1.82) is 0 Å². The second-order valence-electron chi connectivity index (χ2n) is 5.04. The molecule has 0 aliphatic rings. The van der Waals surface area contributed by atoms with Crippen LogP contribution in [0.4, 0.5) is 0 Å². The van der Waals surface area contributed by atoms with Gasteiger partial charge >= 0.3 is 22.9 Å². The molecule has 0 saturated carbocycles. The Bertz CT molecular complexity index is 740. The van der Waals surface area contributed by atoms with Gasteiger partial charge in [-0.25, -0.2) is 0 Å². The van der Waals surface area contributed by atoms with Crippen LogP contribution in [0.25, 0.3) is 0 Å². The highest BCUT2D eigenvalue weighted by Crippen LogP contribution is 2.45. The van der Waals surface area contributed by atoms with Crippen molar-refractivity contribution in [1.82, 2.24) is 0 Å². The van der Waals surface area contributed by atoms with Gasteiger partial charge in [0.05, 0.1) is 10.6 Å². The maximum Gasteiger partial charge on any atom is 0.658 e. The van der Waals surface area contributed by atoms with Crippen LogP contribution in [0.2, 0.25) is 0 Å². The molecule has 0 fully saturated rings. The third-order valence-corrected chi connectivity index (χ3v) is 7.42. The molecule has 2 aromatic rings. The molecule has 0 atom stereocenters. The molecule has 0 aromatic heterocycles. The summed E-state index contributed by atoms with van der Waals surface area (Å²) in [6.45, 7) is 0. The van der Waals surface area contributed by atoms with Crippen LogP contribution in [-0.2, 0) is 27.2 Å². The van der Waals surface area contributed by atoms with Crippen LogP contribution in [0.1, 0.15) is 0 Å². The van der Waals surface area contributed by atoms with Gasteiger partial charge in [0.1, 0.15) is 11.5 Å². The van der Waals surface area contributed by atoms with Crippen LogP contribution in [0.3, 0.4) is 0 Å². The lowest BCUT2D eigenvalue weighted by Gasteiger charge is -2.14. The van der Waals surface area contributed by atoms with Crippen LogP contribution >= 0.6 is 15.2 Å². The Balaban J connectivity index is 1.93. The molecule has 0 unspecified atom stereocenters. The van der Waals surface area contributed by atoms with Gasteiger partial charge in [-0.3, -0.25) is 9.13 Å². The zero-order valence-electron chi connectivity index (χ0n) is 15.4. The molecule has 2 aromatic carbocycles. The lowest BCUT2D eigenvalue weighted by molar-refractivity contribution is 0.286. The summed E-state index contributed by atoms with van der Waals surface area (Å²) in [6.07, 6.45) is 0. The van der Waals surface area contributed by atoms with E-state index >= 15 is 0 Å². The van der Waals surface area contributed by atoms with E-state index in [9.17, 15) is 9.13 Å². The van der Waals surface area contributed by atoms with Gasteiger partial charge in [0.15, 0.2) is 0 Å². The van der Waals surface area contributed by atoms with Crippen LogP contribution < -0.4 is 19.9 Å². The lowest BCUT2D eigenvalue weighted by Crippen LogP contribution is -2.13. The van der Waals surface area contributed by atoms with Crippen LogP contribution in [0, 0.1) is 0 Å². The molecule has 145 valence electrons. The van der Waals surface area contributed by atoms with E-state index in [2.05, 4.69) is 0 Å². The quantitative estimate of drug-likeness (QED) is 0.434. The average Bonchev–Trinajstić information content (AvgIpc) is 2.73. The van der Waals surface area contributed by atoms with Crippen molar-refractivity contribution in [2.75, 3.05) is 28.4 Å². The van der Waals surface area contributed by atoms with E-state index in [-0.39, 0.29) is 0 Å². The monoisotopic (exact) mass is 413 g/mol. The fourth-order valence-electron chi connectivity index (χ4n) is 2.12. The Morgan fingerprint density at radius 1 is 0.593 bits per heavy atom. The number of benzene rings is 2. The highest BCUT2D eigenvalue weighted by molar-refractivity contribution is 7.62. The Labute approximate surface area is 159 Å². The van der Waals surface area contributed by atoms with E-state index in [1.54, 1.807) is 48.5 Å². The zero-order chi connectivity index (χ0) is 19.9. The maximum absolute atomic E-state index is 12.2. The fraction of sp³-hybridized carbons (Fsp3) is 0.250. The van der Waals surface area contributed by atoms with Gasteiger partial charge in [-0.15, -0.1) is 0 Å². The van der Waals surface area contributed by atoms with Crippen molar-refractivity contribution in [3.05, 3.63) is 48.5 Å². The first-order valence-electron chi connectivity index (χ1n) is 7.70. The fourth-order valence-corrected chi connectivity index (χ4v) is 4.29. The van der Waals surface area contributed by atoms with Crippen LogP contribution in [0.5, 0.6) is 11.5 Å². The summed E-state index contributed by atoms with van der Waals surface area (Å²) in [5.41, 5.74) is 0. The van der Waals surface area contributed by atoms with Crippen LogP contribution in [0.15, 0.2) is 48.5 Å². The molecule has 0 aliphatic heterocycles. The number of hydrogen-bond donors (Lipinski definition) is 0. The van der Waals surface area contributed by atoms with Crippen molar-refractivity contribution in [2.24, 2.45) is 0 Å². The third kappa shape index (κ3) is 5.23. The van der Waals surface area contributed by atoms with Gasteiger partial charge in [-0.1, -0.05) is 0 Å². The Hall–Kier alpha value is -1.60. The Kier molecular flexibility index (Phi) is 7.68. The molecule has 8 nitrogen and oxygen atoms in total. The summed E-state index contributed by atoms with van der Waals surface area (Å²) >= 11 is 0. The molecule has 0 amide bonds. The minimum atomic E-state index is -3.29. The van der Waals surface area contributed by atoms with Crippen LogP contribution in [-0.4, -0.2) is 36.1 Å². The second-order valence-corrected chi connectivity index (χ2v) is 9.53. The topological polar surface area (TPSA) is 89.5 Å². The maximum atomic E-state index is 12.2. The summed E-state index contributed by atoms with van der Waals surface area (Å²) < 4.78 is 54.9. The Morgan fingerprint density at radius 2 is 0.889 bits per heavy atom. The normalized spacial score (nSPS) is 11.9. The summed E-state index contributed by atoms with van der Waals surface area (Å²) in [5, 5.41) is 0.828. The first-order valence-corrected chi connectivity index (χ1v) is 10.8. The van der Waals surface area contributed by atoms with E-state index in [4.69, 9.17) is 27.4 Å². The average molecular weight is 413 g/mol. The van der Waals surface area contributed by atoms with E-state index < -0.39 is 15.2 Å². The van der Waals surface area contributed by atoms with Gasteiger partial charge in [0.2, 0.25) is 0 Å². The Morgan fingerprint density at radius 3 is 1.15 bits per heavy atom. The first kappa shape index (κ1) is 21.7. The molecule has 0 heterocycles. The van der Waals surface area contributed by atoms with Crippen molar-refractivity contribution in [3.63, 3.8) is 0 Å². The molecular formula is C16H20BO8P2. The molecule has 0 spiro atoms. The molecule has 2 rings (SSSR count). The molecule has 27 heavy (non-hydrogen) atoms. The summed E-state index contributed by atoms with van der Waals surface area (Å²) in [5.74, 6) is 0.940. The predicted octanol–water partition coefficient (Wildman–Crippen LogP) is 2.90. The summed E-state index contributed by atoms with van der Waals surface area (Å²) in [6, 6.07) is 12.8. The molecule has 0 N–H and O–H groups in total. The summed E-state index contributed by atoms with van der Waals surface area (Å²) in [7, 11) is -0.165. The van der Waals surface area contributed by atoms with E-state index in [1.807, 2.05) is 0 Å². The first-order chi connectivity index (χ1) is 12.9. The SMILES string of the molecule is COP(=O)(OC)c1ccc(O[B]Oc2ccc(P(=O)(OC)OC)cc2)cc1. The number of rotatable bonds is 10. The highest BCUT2D eigenvalue weighted by Gasteiger charge is 2.25. The second kappa shape index (κ2) is 9.56. The standard InChI is InChI=1S/C16H20BO8P2/c1-20-26(18,21-2)15-9-5-13(6-10-15)24-17-25-14-7-11-16(12-8-14)27(19,22-3)23-4/h5-12H,1-4H3. The molecule has 1 radical (unpaired) electrons. The number of hydrogen-bond acceptors (Lipinski definition) is 8. The highest BCUT2D eigenvalue weighted by atomic mass is 31.2. The third-order valence-electron chi connectivity index (χ3n) is 3.64. The van der Waals surface area contributed by atoms with Crippen molar-refractivity contribution in [3.8, 4) is 11.5 Å². The predicted molar refractivity (Wildman–Crippen MR) is 102 cm³/mol. The van der Waals surface area contributed by atoms with Crippen molar-refractivity contribution >= 4 is 33.5 Å². The van der Waals surface area contributed by atoms with Crippen molar-refractivity contribution in [2.45, 2.75) is 0 Å². The van der Waals surface area contributed by atoms with Gasteiger partial charge in [0, 0.05) is 28.4 Å². The smallest absolute Gasteiger partial charge is 0.526 e. The summed E-state index contributed by atoms with van der Waals surface area (Å²) in [4.78, 5) is 0. The van der Waals surface area contributed by atoms with Crippen molar-refractivity contribution < 1.29 is 36.5 Å². The van der Waals surface area contributed by atoms with E-state index in [1.165, 1.54) is 28.4 Å². The van der Waals surface area contributed by atoms with E-state index in [0.717, 1.165) is 7.69 Å². The van der Waals surface area contributed by atoms with E-state index in [0.29, 0.717) is 22.1 Å². The molecule has 0 saturated heterocycles. The lowest BCUT2D eigenvalue weighted by atomic mass is 10.3. The van der Waals surface area contributed by atoms with Gasteiger partial charge in [-0.05, 0) is 48.5 Å². The minimum Gasteiger partial charge on any atom is -0.526 e. The van der Waals surface area contributed by atoms with Gasteiger partial charge in [-0.2, -0.15) is 0 Å². The largest absolute Gasteiger partial charge is 0.658 e. The molecule has 0 bridgehead atoms. The molecule has 11 heteroatoms. The minimum absolute atomic E-state index is 0.414. The zero-order valence-corrected chi connectivity index (χ0v) is 17.1. The van der Waals surface area contributed by atoms with Gasteiger partial charge < -0.3 is 27.4 Å². The van der Waals surface area contributed by atoms with Gasteiger partial charge in [0.25, 0.3) is 0 Å². The molecule has 0 aliphatic carbocycles. The molecular weight excluding hydrogens is 393 g/mol.